The van der Waals surface area contributed by atoms with Gasteiger partial charge in [-0.1, -0.05) is 42.5 Å². The Kier molecular flexibility index (Phi) is 7.39. The molecule has 0 bridgehead atoms. The topological polar surface area (TPSA) is 72.5 Å². The van der Waals surface area contributed by atoms with Crippen molar-refractivity contribution in [1.29, 1.82) is 0 Å². The fourth-order valence-electron chi connectivity index (χ4n) is 3.85. The van der Waals surface area contributed by atoms with Crippen molar-refractivity contribution < 1.29 is 19.1 Å². The number of Topliss-reactive ketones (excluding diaryl/α,β-unsaturated/α-hetero) is 2. The highest BCUT2D eigenvalue weighted by atomic mass is 16.6. The summed E-state index contributed by atoms with van der Waals surface area (Å²) in [5, 5.41) is 2.88. The zero-order chi connectivity index (χ0) is 21.7. The van der Waals surface area contributed by atoms with Crippen LogP contribution in [-0.2, 0) is 14.3 Å². The number of alkyl carbamates (subject to hydrolysis) is 1. The number of benzene rings is 1. The number of aryl methyl sites for hydroxylation is 1. The van der Waals surface area contributed by atoms with Gasteiger partial charge in [0.15, 0.2) is 11.6 Å². The van der Waals surface area contributed by atoms with Crippen LogP contribution >= 0.6 is 0 Å². The summed E-state index contributed by atoms with van der Waals surface area (Å²) < 4.78 is 5.26. The molecule has 2 fully saturated rings. The van der Waals surface area contributed by atoms with E-state index in [1.165, 1.54) is 5.56 Å². The van der Waals surface area contributed by atoms with E-state index < -0.39 is 11.7 Å². The second kappa shape index (κ2) is 9.38. The van der Waals surface area contributed by atoms with Crippen LogP contribution in [0.4, 0.5) is 4.79 Å². The van der Waals surface area contributed by atoms with Crippen LogP contribution in [0.3, 0.4) is 0 Å². The van der Waals surface area contributed by atoms with Gasteiger partial charge in [-0.05, 0) is 58.8 Å². The molecule has 1 aromatic rings. The van der Waals surface area contributed by atoms with E-state index in [9.17, 15) is 14.4 Å². The summed E-state index contributed by atoms with van der Waals surface area (Å²) in [6.07, 6.45) is 3.51. The summed E-state index contributed by atoms with van der Waals surface area (Å²) in [5.74, 6) is -0.232. The molecule has 2 saturated carbocycles. The molecule has 2 aliphatic rings. The molecular weight excluding hydrogens is 366 g/mol. The summed E-state index contributed by atoms with van der Waals surface area (Å²) in [6, 6.07) is 10.3. The summed E-state index contributed by atoms with van der Waals surface area (Å²) in [4.78, 5) is 35.6. The Balaban J connectivity index is 0.000000360. The normalized spacial score (nSPS) is 19.4. The monoisotopic (exact) mass is 399 g/mol. The van der Waals surface area contributed by atoms with Crippen molar-refractivity contribution in [2.75, 3.05) is 0 Å². The highest BCUT2D eigenvalue weighted by Crippen LogP contribution is 2.46. The van der Waals surface area contributed by atoms with Gasteiger partial charge in [0.2, 0.25) is 0 Å². The van der Waals surface area contributed by atoms with E-state index in [-0.39, 0.29) is 28.6 Å². The van der Waals surface area contributed by atoms with E-state index in [4.69, 9.17) is 4.74 Å². The molecule has 0 unspecified atom stereocenters. The number of carbonyl (C=O) groups excluding carboxylic acids is 3. The van der Waals surface area contributed by atoms with Crippen molar-refractivity contribution in [1.82, 2.24) is 5.32 Å². The number of hydrogen-bond donors (Lipinski definition) is 1. The van der Waals surface area contributed by atoms with Gasteiger partial charge in [-0.2, -0.15) is 0 Å². The van der Waals surface area contributed by atoms with Crippen LogP contribution in [0.1, 0.15) is 64.9 Å². The quantitative estimate of drug-likeness (QED) is 0.537. The molecule has 0 atom stereocenters. The largest absolute Gasteiger partial charge is 0.444 e. The second-order valence-electron chi connectivity index (χ2n) is 9.25. The Morgan fingerprint density at radius 1 is 1.07 bits per heavy atom. The maximum absolute atomic E-state index is 11.9. The number of carbonyl (C=O) groups is 3. The molecule has 0 aromatic heterocycles. The minimum atomic E-state index is -0.511. The summed E-state index contributed by atoms with van der Waals surface area (Å²) in [5.41, 5.74) is 0.742. The van der Waals surface area contributed by atoms with E-state index in [0.717, 1.165) is 25.7 Å². The Hall–Kier alpha value is -2.43. The molecule has 0 saturated heterocycles. The van der Waals surface area contributed by atoms with Gasteiger partial charge in [-0.15, -0.1) is 0 Å². The van der Waals surface area contributed by atoms with Gasteiger partial charge in [0.05, 0.1) is 5.57 Å². The molecule has 5 heteroatoms. The van der Waals surface area contributed by atoms with Crippen LogP contribution in [0.15, 0.2) is 42.5 Å². The molecule has 0 radical (unpaired) electrons. The van der Waals surface area contributed by atoms with Gasteiger partial charge in [-0.25, -0.2) is 4.79 Å². The SMILES string of the molecule is C=C1C(=O)CC2(CCC(NC(=O)OC(C)(C)C)CC2)CC1=O.Cc1ccccc1. The molecule has 1 aromatic carbocycles. The lowest BCUT2D eigenvalue weighted by Crippen LogP contribution is -2.45. The number of allylic oxidation sites excluding steroid dienone is 1. The van der Waals surface area contributed by atoms with Crippen LogP contribution in [0.5, 0.6) is 0 Å². The van der Waals surface area contributed by atoms with Crippen molar-refractivity contribution in [2.24, 2.45) is 5.41 Å². The lowest BCUT2D eigenvalue weighted by atomic mass is 9.63. The van der Waals surface area contributed by atoms with E-state index in [1.54, 1.807) is 0 Å². The van der Waals surface area contributed by atoms with Gasteiger partial charge in [0.1, 0.15) is 5.60 Å². The fraction of sp³-hybridized carbons (Fsp3) is 0.542. The van der Waals surface area contributed by atoms with Gasteiger partial charge < -0.3 is 10.1 Å². The second-order valence-corrected chi connectivity index (χ2v) is 9.25. The van der Waals surface area contributed by atoms with E-state index in [0.29, 0.717) is 12.8 Å². The van der Waals surface area contributed by atoms with Crippen molar-refractivity contribution in [2.45, 2.75) is 77.9 Å². The maximum atomic E-state index is 11.9. The van der Waals surface area contributed by atoms with Gasteiger partial charge in [-0.3, -0.25) is 9.59 Å². The molecule has 2 aliphatic carbocycles. The number of amides is 1. The average Bonchev–Trinajstić information content (AvgIpc) is 2.61. The molecule has 1 spiro atoms. The zero-order valence-electron chi connectivity index (χ0n) is 18.0. The fourth-order valence-corrected chi connectivity index (χ4v) is 3.85. The Labute approximate surface area is 173 Å². The van der Waals surface area contributed by atoms with Crippen LogP contribution in [-0.4, -0.2) is 29.3 Å². The minimum absolute atomic E-state index is 0.0517. The van der Waals surface area contributed by atoms with Crippen molar-refractivity contribution in [3.8, 4) is 0 Å². The smallest absolute Gasteiger partial charge is 0.407 e. The standard InChI is InChI=1S/C17H25NO4.C7H8/c1-11-13(19)9-17(10-14(11)20)7-5-12(6-8-17)18-15(21)22-16(2,3)4;1-7-5-3-2-4-6-7/h12H,1,5-10H2,2-4H3,(H,18,21);2-6H,1H3. The average molecular weight is 400 g/mol. The molecule has 29 heavy (non-hydrogen) atoms. The van der Waals surface area contributed by atoms with Crippen LogP contribution < -0.4 is 5.32 Å². The predicted molar refractivity (Wildman–Crippen MR) is 114 cm³/mol. The number of nitrogens with one attached hydrogen (secondary N) is 1. The highest BCUT2D eigenvalue weighted by molar-refractivity contribution is 6.21. The first-order valence-electron chi connectivity index (χ1n) is 10.3. The lowest BCUT2D eigenvalue weighted by molar-refractivity contribution is -0.129. The molecule has 0 heterocycles. The molecule has 1 amide bonds. The first kappa shape index (κ1) is 22.9. The molecule has 1 N–H and O–H groups in total. The highest BCUT2D eigenvalue weighted by Gasteiger charge is 2.43. The summed E-state index contributed by atoms with van der Waals surface area (Å²) in [7, 11) is 0. The number of hydrogen-bond acceptors (Lipinski definition) is 4. The minimum Gasteiger partial charge on any atom is -0.444 e. The van der Waals surface area contributed by atoms with Gasteiger partial charge >= 0.3 is 6.09 Å². The third-order valence-corrected chi connectivity index (χ3v) is 5.45. The van der Waals surface area contributed by atoms with Crippen LogP contribution in [0.25, 0.3) is 0 Å². The molecule has 0 aliphatic heterocycles. The van der Waals surface area contributed by atoms with E-state index >= 15 is 0 Å². The molecule has 5 nitrogen and oxygen atoms in total. The summed E-state index contributed by atoms with van der Waals surface area (Å²) in [6.45, 7) is 11.1. The number of ketones is 2. The Morgan fingerprint density at radius 3 is 2.00 bits per heavy atom. The van der Waals surface area contributed by atoms with Gasteiger partial charge in [0, 0.05) is 18.9 Å². The van der Waals surface area contributed by atoms with Gasteiger partial charge in [0.25, 0.3) is 0 Å². The van der Waals surface area contributed by atoms with Crippen molar-refractivity contribution in [3.63, 3.8) is 0 Å². The first-order chi connectivity index (χ1) is 13.5. The van der Waals surface area contributed by atoms with Crippen molar-refractivity contribution in [3.05, 3.63) is 48.0 Å². The summed E-state index contributed by atoms with van der Waals surface area (Å²) >= 11 is 0. The van der Waals surface area contributed by atoms with Crippen LogP contribution in [0, 0.1) is 12.3 Å². The third kappa shape index (κ3) is 7.15. The predicted octanol–water partition coefficient (Wildman–Crippen LogP) is 4.92. The molecular formula is C24H33NO4. The Morgan fingerprint density at radius 2 is 1.59 bits per heavy atom. The third-order valence-electron chi connectivity index (χ3n) is 5.45. The number of rotatable bonds is 1. The Bertz CT molecular complexity index is 731. The van der Waals surface area contributed by atoms with E-state index in [1.807, 2.05) is 39.0 Å². The first-order valence-corrected chi connectivity index (χ1v) is 10.3. The van der Waals surface area contributed by atoms with Crippen molar-refractivity contribution >= 4 is 17.7 Å². The van der Waals surface area contributed by atoms with Crippen LogP contribution in [0.2, 0.25) is 0 Å². The number of ether oxygens (including phenoxy) is 1. The zero-order valence-corrected chi connectivity index (χ0v) is 18.0. The lowest BCUT2D eigenvalue weighted by Gasteiger charge is -2.42. The van der Waals surface area contributed by atoms with E-state index in [2.05, 4.69) is 31.0 Å². The maximum Gasteiger partial charge on any atom is 0.407 e. The molecule has 3 rings (SSSR count). The molecule has 158 valence electrons.